The predicted octanol–water partition coefficient (Wildman–Crippen LogP) is 17.5. The summed E-state index contributed by atoms with van der Waals surface area (Å²) in [5.41, 5.74) is 9.55. The average Bonchev–Trinajstić information content (AvgIpc) is 4.19. The van der Waals surface area contributed by atoms with Crippen molar-refractivity contribution in [3.63, 3.8) is 0 Å². The minimum absolute atomic E-state index is 0.0269. The van der Waals surface area contributed by atoms with Crippen LogP contribution in [0.25, 0.3) is 0 Å². The van der Waals surface area contributed by atoms with Crippen molar-refractivity contribution in [2.75, 3.05) is 7.05 Å². The van der Waals surface area contributed by atoms with Crippen molar-refractivity contribution in [2.24, 2.45) is 58.2 Å². The van der Waals surface area contributed by atoms with Crippen molar-refractivity contribution in [3.05, 3.63) is 69.8 Å². The Morgan fingerprint density at radius 2 is 0.988 bits per heavy atom. The first kappa shape index (κ1) is 62.8. The molecule has 0 radical (unpaired) electrons. The van der Waals surface area contributed by atoms with Gasteiger partial charge in [0.05, 0.1) is 30.2 Å². The first-order valence-electron chi connectivity index (χ1n) is 33.8. The van der Waals surface area contributed by atoms with Gasteiger partial charge in [-0.05, 0) is 211 Å². The van der Waals surface area contributed by atoms with E-state index in [0.29, 0.717) is 23.7 Å². The topological polar surface area (TPSA) is 118 Å². The summed E-state index contributed by atoms with van der Waals surface area (Å²) in [5.74, 6) is 5.05. The third kappa shape index (κ3) is 14.0. The van der Waals surface area contributed by atoms with Gasteiger partial charge in [0.2, 0.25) is 5.91 Å². The monoisotopic (exact) mass is 1100 g/mol. The molecule has 2 aromatic rings. The number of aliphatic hydroxyl groups is 2. The molecule has 0 aromatic heterocycles. The van der Waals surface area contributed by atoms with E-state index in [9.17, 15) is 29.7 Å². The van der Waals surface area contributed by atoms with Crippen LogP contribution in [0.5, 0.6) is 0 Å². The zero-order chi connectivity index (χ0) is 57.3. The Hall–Kier alpha value is -3.23. The van der Waals surface area contributed by atoms with Crippen LogP contribution >= 0.6 is 0 Å². The van der Waals surface area contributed by atoms with Crippen molar-refractivity contribution >= 4 is 17.9 Å². The highest BCUT2D eigenvalue weighted by Gasteiger charge is 2.58. The molecule has 6 unspecified atom stereocenters. The number of hydrogen-bond donors (Lipinski definition) is 3. The van der Waals surface area contributed by atoms with Gasteiger partial charge in [-0.2, -0.15) is 0 Å². The number of hydrogen-bond acceptors (Lipinski definition) is 5. The van der Waals surface area contributed by atoms with Crippen LogP contribution in [0, 0.1) is 72.0 Å². The minimum atomic E-state index is -0.607. The van der Waals surface area contributed by atoms with E-state index in [2.05, 4.69) is 77.9 Å². The van der Waals surface area contributed by atoms with E-state index < -0.39 is 5.97 Å². The molecular weight excluding hydrogens is 989 g/mol. The number of likely N-dealkylation sites (N-methyl/N-ethyl adjacent to an activating group) is 1. The number of benzene rings is 2. The molecule has 448 valence electrons. The Morgan fingerprint density at radius 3 is 1.40 bits per heavy atom. The third-order valence-corrected chi connectivity index (χ3v) is 23.7. The summed E-state index contributed by atoms with van der Waals surface area (Å²) in [6.07, 6.45) is 37.1. The van der Waals surface area contributed by atoms with Crippen molar-refractivity contribution in [1.82, 2.24) is 9.80 Å². The van der Waals surface area contributed by atoms with Crippen LogP contribution in [0.15, 0.2) is 36.4 Å². The first-order valence-corrected chi connectivity index (χ1v) is 33.8. The molecule has 8 heteroatoms. The number of rotatable bonds is 26. The van der Waals surface area contributed by atoms with Gasteiger partial charge in [-0.3, -0.25) is 14.5 Å². The molecule has 1 saturated heterocycles. The van der Waals surface area contributed by atoms with Crippen LogP contribution in [0.1, 0.15) is 279 Å². The molecule has 6 aliphatic carbocycles. The number of aryl methyl sites for hydroxylation is 2. The summed E-state index contributed by atoms with van der Waals surface area (Å²) in [4.78, 5) is 40.6. The summed E-state index contributed by atoms with van der Waals surface area (Å²) >= 11 is 0. The van der Waals surface area contributed by atoms with Crippen molar-refractivity contribution in [3.8, 4) is 0 Å². The van der Waals surface area contributed by atoms with E-state index in [1.807, 2.05) is 20.9 Å². The zero-order valence-corrected chi connectivity index (χ0v) is 52.1. The molecule has 0 bridgehead atoms. The lowest BCUT2D eigenvalue weighted by Crippen LogP contribution is -2.47. The average molecular weight is 1100 g/mol. The van der Waals surface area contributed by atoms with Gasteiger partial charge in [-0.25, -0.2) is 4.79 Å². The van der Waals surface area contributed by atoms with E-state index in [1.165, 1.54) is 152 Å². The number of urea groups is 1. The fourth-order valence-corrected chi connectivity index (χ4v) is 18.7. The van der Waals surface area contributed by atoms with Gasteiger partial charge < -0.3 is 20.2 Å². The smallest absolute Gasteiger partial charge is 0.327 e. The van der Waals surface area contributed by atoms with Crippen molar-refractivity contribution in [1.29, 1.82) is 0 Å². The fraction of sp³-hybridized carbons (Fsp3) is 0.792. The van der Waals surface area contributed by atoms with Gasteiger partial charge in [0, 0.05) is 13.0 Å². The van der Waals surface area contributed by atoms with Gasteiger partial charge in [-0.1, -0.05) is 178 Å². The molecule has 2 aromatic carbocycles. The Balaban J connectivity index is 0.000000215. The predicted molar refractivity (Wildman–Crippen MR) is 328 cm³/mol. The van der Waals surface area contributed by atoms with E-state index >= 15 is 0 Å². The Labute approximate surface area is 487 Å². The number of amides is 3. The van der Waals surface area contributed by atoms with Crippen LogP contribution in [0.2, 0.25) is 0 Å². The molecule has 80 heavy (non-hydrogen) atoms. The number of carboxylic acids is 1. The van der Waals surface area contributed by atoms with Gasteiger partial charge in [0.1, 0.15) is 0 Å². The molecule has 4 saturated carbocycles. The summed E-state index contributed by atoms with van der Waals surface area (Å²) in [6.45, 7) is 17.5. The van der Waals surface area contributed by atoms with Crippen molar-refractivity contribution < 1.29 is 29.7 Å². The SMILES string of the molecule is CCC[C@@H](CCCCCCCCC[C@@H]1Cc2cc(C)ccc2C2CC[C@@]3(C)C(CC[C@@H]3O)C21)C(=O)N1C(=O)N(C)[C@@H](C)[C@H]1C.CCC[C@@H](CCCCCCCCC[C@@H]1Cc2cc(C)ccc2C2CC[C@@]3(C)C(CC[C@@H]3O)C21)C(=O)O. The van der Waals surface area contributed by atoms with Gasteiger partial charge in [0.25, 0.3) is 0 Å². The molecule has 3 amide bonds. The molecule has 3 N–H and O–H groups in total. The van der Waals surface area contributed by atoms with Crippen LogP contribution in [-0.2, 0) is 22.4 Å². The number of carbonyl (C=O) groups excluding carboxylic acids is 2. The molecule has 8 nitrogen and oxygen atoms in total. The second-order valence-corrected chi connectivity index (χ2v) is 28.7. The zero-order valence-electron chi connectivity index (χ0n) is 52.1. The van der Waals surface area contributed by atoms with Gasteiger partial charge >= 0.3 is 12.0 Å². The highest BCUT2D eigenvalue weighted by molar-refractivity contribution is 5.97. The maximum absolute atomic E-state index is 13.3. The van der Waals surface area contributed by atoms with Gasteiger partial charge in [-0.15, -0.1) is 0 Å². The first-order chi connectivity index (χ1) is 38.4. The molecule has 1 aliphatic heterocycles. The highest BCUT2D eigenvalue weighted by atomic mass is 16.4. The fourth-order valence-electron chi connectivity index (χ4n) is 18.7. The lowest BCUT2D eigenvalue weighted by Gasteiger charge is -2.53. The number of aliphatic carboxylic acids is 1. The number of imide groups is 1. The normalized spacial score (nSPS) is 32.9. The summed E-state index contributed by atoms with van der Waals surface area (Å²) < 4.78 is 0. The maximum Gasteiger partial charge on any atom is 0.327 e. The molecule has 16 atom stereocenters. The number of fused-ring (bicyclic) bond motifs is 10. The minimum Gasteiger partial charge on any atom is -0.481 e. The van der Waals surface area contributed by atoms with Gasteiger partial charge in [0.15, 0.2) is 0 Å². The standard InChI is InChI=1S/C39H62N2O3.C33H52O3/c1-7-15-29(37(43)41-28(4)27(3)40(6)38(41)44)16-13-11-9-8-10-12-14-17-30-25-31-24-26(2)18-19-32(31)33-22-23-39(5)34(36(30)33)20-21-35(39)42;1-4-12-24(32(35)36)13-10-8-6-5-7-9-11-14-25-22-26-21-23(2)15-16-27(26)28-19-20-33(3)29(31(25)28)17-18-30(33)34/h18-19,24,27-30,33-36,42H,7-17,20-23,25H2,1-6H3;15-16,21,24-25,28-31,34H,4-14,17-20,22H2,1-3H3,(H,35,36)/t27-,28+,29-,30+,33?,34?,35-,36?,39-;24-,25+,28?,29?,30-,31?,33-/m00/s1. The lowest BCUT2D eigenvalue weighted by molar-refractivity contribution is -0.142. The third-order valence-electron chi connectivity index (χ3n) is 23.7. The second kappa shape index (κ2) is 28.6. The largest absolute Gasteiger partial charge is 0.481 e. The van der Waals surface area contributed by atoms with E-state index in [4.69, 9.17) is 0 Å². The van der Waals surface area contributed by atoms with Crippen LogP contribution in [-0.4, -0.2) is 74.4 Å². The highest BCUT2D eigenvalue weighted by Crippen LogP contribution is 2.64. The quantitative estimate of drug-likeness (QED) is 0.0808. The second-order valence-electron chi connectivity index (χ2n) is 28.7. The van der Waals surface area contributed by atoms with Crippen LogP contribution < -0.4 is 0 Å². The molecule has 1 heterocycles. The van der Waals surface area contributed by atoms with E-state index in [-0.39, 0.29) is 58.9 Å². The Bertz CT molecular complexity index is 2330. The van der Waals surface area contributed by atoms with Crippen molar-refractivity contribution in [2.45, 2.75) is 297 Å². The number of carboxylic acid groups (broad SMARTS) is 1. The summed E-state index contributed by atoms with van der Waals surface area (Å²) in [7, 11) is 1.81. The molecular formula is C72H114N2O6. The number of nitrogens with zero attached hydrogens (tertiary/aromatic N) is 2. The van der Waals surface area contributed by atoms with E-state index in [1.54, 1.807) is 32.1 Å². The van der Waals surface area contributed by atoms with Crippen LogP contribution in [0.3, 0.4) is 0 Å². The number of aliphatic hydroxyl groups excluding tert-OH is 2. The molecule has 0 spiro atoms. The molecule has 7 aliphatic rings. The lowest BCUT2D eigenvalue weighted by atomic mass is 9.52. The summed E-state index contributed by atoms with van der Waals surface area (Å²) in [6, 6.07) is 14.4. The molecule has 5 fully saturated rings. The van der Waals surface area contributed by atoms with Crippen LogP contribution in [0.4, 0.5) is 4.79 Å². The Morgan fingerprint density at radius 1 is 0.575 bits per heavy atom. The number of unbranched alkanes of at least 4 members (excludes halogenated alkanes) is 12. The molecule has 9 rings (SSSR count). The maximum atomic E-state index is 13.3. The van der Waals surface area contributed by atoms with E-state index in [0.717, 1.165) is 87.9 Å². The summed E-state index contributed by atoms with van der Waals surface area (Å²) in [5, 5.41) is 31.2. The Kier molecular flexibility index (Phi) is 22.4. The number of carbonyl (C=O) groups is 3.